The minimum atomic E-state index is -3.58. The van der Waals surface area contributed by atoms with E-state index in [-0.39, 0.29) is 79.3 Å². The van der Waals surface area contributed by atoms with E-state index >= 15 is 0 Å². The molecule has 0 bridgehead atoms. The lowest BCUT2D eigenvalue weighted by Gasteiger charge is -2.34. The summed E-state index contributed by atoms with van der Waals surface area (Å²) in [5, 5.41) is 15.6. The molecular formula is C50H70Cl4N8O7S4. The normalized spacial score (nSPS) is 17.3. The van der Waals surface area contributed by atoms with Crippen LogP contribution in [-0.4, -0.2) is 84.2 Å². The average Bonchev–Trinajstić information content (AvgIpc) is 3.83. The van der Waals surface area contributed by atoms with Crippen molar-refractivity contribution < 1.29 is 31.8 Å². The standard InChI is InChI=1S/2C25H32N4O3S2.4ClH.H2O/c2*1-17-18(2)33-25(28-17)29(34(4,30)31)21-12-13-23(32-3)20(15-21)16-27-22-11-8-14-26-24(22)19-9-6-5-7-10-19;;;;;/h2*5-7,9-10,12-13,15,22,24,26-27H,8,11,14,16H2,1-4H3;4*1H;1H2/t22-,24-;;;;;;/m0....../s1. The molecule has 2 unspecified atom stereocenters. The van der Waals surface area contributed by atoms with E-state index in [0.29, 0.717) is 34.7 Å². The fourth-order valence-corrected chi connectivity index (χ4v) is 13.1. The van der Waals surface area contributed by atoms with Crippen LogP contribution in [0.1, 0.15) is 81.2 Å². The van der Waals surface area contributed by atoms with Crippen LogP contribution in [0.15, 0.2) is 97.1 Å². The smallest absolute Gasteiger partial charge is 0.238 e. The molecular weight excluding hydrogens is 1090 g/mol. The van der Waals surface area contributed by atoms with Gasteiger partial charge in [-0.15, -0.1) is 72.3 Å². The topological polar surface area (TPSA) is 199 Å². The van der Waals surface area contributed by atoms with E-state index in [1.54, 1.807) is 26.4 Å². The lowest BCUT2D eigenvalue weighted by molar-refractivity contribution is 0.303. The fourth-order valence-electron chi connectivity index (χ4n) is 8.75. The summed E-state index contributed by atoms with van der Waals surface area (Å²) in [6.45, 7) is 10.8. The summed E-state index contributed by atoms with van der Waals surface area (Å²) in [5.41, 5.74) is 7.09. The minimum Gasteiger partial charge on any atom is -0.496 e. The Morgan fingerprint density at radius 3 is 1.25 bits per heavy atom. The van der Waals surface area contributed by atoms with Gasteiger partial charge in [0, 0.05) is 58.1 Å². The number of rotatable bonds is 16. The fraction of sp³-hybridized carbons (Fsp3) is 0.400. The lowest BCUT2D eigenvalue weighted by atomic mass is 9.92. The summed E-state index contributed by atoms with van der Waals surface area (Å²) in [5.74, 6) is 1.44. The van der Waals surface area contributed by atoms with Crippen molar-refractivity contribution in [2.24, 2.45) is 0 Å². The molecule has 8 rings (SSSR count). The van der Waals surface area contributed by atoms with Crippen molar-refractivity contribution in [2.75, 3.05) is 48.4 Å². The Kier molecular flexibility index (Phi) is 26.4. The minimum absolute atomic E-state index is 0. The van der Waals surface area contributed by atoms with Crippen LogP contribution in [0.2, 0.25) is 0 Å². The van der Waals surface area contributed by atoms with Crippen LogP contribution < -0.4 is 39.4 Å². The van der Waals surface area contributed by atoms with Crippen molar-refractivity contribution in [1.29, 1.82) is 0 Å². The Morgan fingerprint density at radius 1 is 0.589 bits per heavy atom. The van der Waals surface area contributed by atoms with Gasteiger partial charge in [-0.1, -0.05) is 60.7 Å². The third-order valence-corrected chi connectivity index (χ3v) is 16.8. The van der Waals surface area contributed by atoms with Gasteiger partial charge in [-0.2, -0.15) is 0 Å². The highest BCUT2D eigenvalue weighted by Gasteiger charge is 2.30. The second-order valence-electron chi connectivity index (χ2n) is 17.3. The van der Waals surface area contributed by atoms with Crippen LogP contribution in [0.4, 0.5) is 21.6 Å². The SMILES string of the molecule is COc1ccc(N(c2nc(C)c(C)s2)S(C)(=O)=O)cc1CNC1CCCNC1c1ccccc1.COc1ccc(N(c2nc(C)c(C)s2)S(C)(=O)=O)cc1CN[C@H]1CCCN[C@H]1c1ccccc1.Cl.Cl.Cl.Cl.O. The number of ether oxygens (including phenoxy) is 2. The molecule has 4 aromatic carbocycles. The summed E-state index contributed by atoms with van der Waals surface area (Å²) in [6.07, 6.45) is 6.73. The maximum atomic E-state index is 12.8. The van der Waals surface area contributed by atoms with Crippen molar-refractivity contribution in [3.63, 3.8) is 0 Å². The van der Waals surface area contributed by atoms with E-state index in [1.165, 1.54) is 54.9 Å². The molecule has 23 heteroatoms. The number of piperidine rings is 2. The molecule has 0 aliphatic carbocycles. The number of aromatic nitrogens is 2. The van der Waals surface area contributed by atoms with Crippen molar-refractivity contribution >= 4 is 114 Å². The predicted molar refractivity (Wildman–Crippen MR) is 310 cm³/mol. The van der Waals surface area contributed by atoms with E-state index in [0.717, 1.165) is 82.5 Å². The van der Waals surface area contributed by atoms with Gasteiger partial charge in [0.15, 0.2) is 0 Å². The molecule has 6 aromatic rings. The Bertz CT molecular complexity index is 2640. The zero-order valence-corrected chi connectivity index (χ0v) is 48.7. The van der Waals surface area contributed by atoms with Gasteiger partial charge in [0.2, 0.25) is 30.3 Å². The van der Waals surface area contributed by atoms with Crippen molar-refractivity contribution in [2.45, 2.75) is 90.6 Å². The van der Waals surface area contributed by atoms with Crippen LogP contribution >= 0.6 is 72.3 Å². The number of benzene rings is 4. The Hall–Kier alpha value is -3.80. The average molecular weight is 1170 g/mol. The Morgan fingerprint density at radius 2 is 0.945 bits per heavy atom. The number of thiazole rings is 2. The predicted octanol–water partition coefficient (Wildman–Crippen LogP) is 9.76. The number of sulfonamides is 2. The number of nitrogens with one attached hydrogen (secondary N) is 4. The number of halogens is 4. The van der Waals surface area contributed by atoms with Crippen molar-refractivity contribution in [3.8, 4) is 11.5 Å². The molecule has 15 nitrogen and oxygen atoms in total. The van der Waals surface area contributed by atoms with E-state index in [1.807, 2.05) is 64.1 Å². The molecule has 4 heterocycles. The molecule has 2 aromatic heterocycles. The van der Waals surface area contributed by atoms with Gasteiger partial charge < -0.3 is 36.2 Å². The highest BCUT2D eigenvalue weighted by Crippen LogP contribution is 2.38. The number of methoxy groups -OCH3 is 2. The van der Waals surface area contributed by atoms with Crippen molar-refractivity contribution in [1.82, 2.24) is 31.2 Å². The molecule has 2 aliphatic heterocycles. The quantitative estimate of drug-likeness (QED) is 0.0717. The second kappa shape index (κ2) is 29.5. The maximum absolute atomic E-state index is 12.8. The number of hydrogen-bond acceptors (Lipinski definition) is 14. The zero-order chi connectivity index (χ0) is 48.6. The Labute approximate surface area is 464 Å². The number of aryl methyl sites for hydroxylation is 4. The lowest BCUT2D eigenvalue weighted by Crippen LogP contribution is -2.45. The molecule has 4 atom stereocenters. The van der Waals surface area contributed by atoms with Gasteiger partial charge in [0.05, 0.1) is 49.5 Å². The van der Waals surface area contributed by atoms with E-state index in [2.05, 4.69) is 79.8 Å². The molecule has 0 radical (unpaired) electrons. The third-order valence-electron chi connectivity index (χ3n) is 12.4. The summed E-state index contributed by atoms with van der Waals surface area (Å²) >= 11 is 2.75. The van der Waals surface area contributed by atoms with Gasteiger partial charge in [0.1, 0.15) is 11.5 Å². The van der Waals surface area contributed by atoms with E-state index < -0.39 is 20.0 Å². The number of hydrogen-bond donors (Lipinski definition) is 4. The molecule has 0 spiro atoms. The van der Waals surface area contributed by atoms with Crippen LogP contribution in [0.3, 0.4) is 0 Å². The molecule has 0 amide bonds. The first-order valence-corrected chi connectivity index (χ1v) is 28.1. The van der Waals surface area contributed by atoms with Crippen LogP contribution in [-0.2, 0) is 33.1 Å². The summed E-state index contributed by atoms with van der Waals surface area (Å²) < 4.78 is 64.9. The largest absolute Gasteiger partial charge is 0.496 e. The third kappa shape index (κ3) is 16.6. The van der Waals surface area contributed by atoms with Gasteiger partial charge in [-0.05, 0) is 114 Å². The van der Waals surface area contributed by atoms with Gasteiger partial charge in [-0.3, -0.25) is 0 Å². The molecule has 404 valence electrons. The first-order valence-electron chi connectivity index (χ1n) is 22.8. The van der Waals surface area contributed by atoms with Crippen molar-refractivity contribution in [3.05, 3.63) is 140 Å². The highest BCUT2D eigenvalue weighted by atomic mass is 35.5. The Balaban J connectivity index is 0.000000468. The van der Waals surface area contributed by atoms with Gasteiger partial charge in [-0.25, -0.2) is 35.4 Å². The van der Waals surface area contributed by atoms with Gasteiger partial charge >= 0.3 is 0 Å². The molecule has 0 saturated carbocycles. The zero-order valence-electron chi connectivity index (χ0n) is 42.2. The van der Waals surface area contributed by atoms with E-state index in [9.17, 15) is 16.8 Å². The maximum Gasteiger partial charge on any atom is 0.238 e. The van der Waals surface area contributed by atoms with Crippen LogP contribution in [0.5, 0.6) is 11.5 Å². The van der Waals surface area contributed by atoms with Crippen LogP contribution in [0.25, 0.3) is 0 Å². The molecule has 6 N–H and O–H groups in total. The highest BCUT2D eigenvalue weighted by molar-refractivity contribution is 7.93. The number of anilines is 4. The molecule has 2 aliphatic rings. The van der Waals surface area contributed by atoms with Crippen LogP contribution in [0, 0.1) is 27.7 Å². The monoisotopic (exact) mass is 1160 g/mol. The number of nitrogens with zero attached hydrogens (tertiary/aromatic N) is 4. The van der Waals surface area contributed by atoms with E-state index in [4.69, 9.17) is 9.47 Å². The summed E-state index contributed by atoms with van der Waals surface area (Å²) in [7, 11) is -3.89. The molecule has 2 saturated heterocycles. The molecule has 73 heavy (non-hydrogen) atoms. The second-order valence-corrected chi connectivity index (χ2v) is 23.3. The summed E-state index contributed by atoms with van der Waals surface area (Å²) in [6, 6.07) is 32.8. The first kappa shape index (κ1) is 65.3. The first-order chi connectivity index (χ1) is 32.5. The van der Waals surface area contributed by atoms with Gasteiger partial charge in [0.25, 0.3) is 0 Å². The molecule has 2 fully saturated rings. The summed E-state index contributed by atoms with van der Waals surface area (Å²) in [4.78, 5) is 11.0.